The highest BCUT2D eigenvalue weighted by Gasteiger charge is 2.22. The number of nitrogens with zero attached hydrogens (tertiary/aromatic N) is 1. The highest BCUT2D eigenvalue weighted by molar-refractivity contribution is 6.13. The van der Waals surface area contributed by atoms with E-state index in [1.54, 1.807) is 14.0 Å². The van der Waals surface area contributed by atoms with Gasteiger partial charge in [-0.25, -0.2) is 0 Å². The SMILES string of the molecule is COc1ccc(COC2C(=O)C=CN=C2C)cc1. The predicted molar refractivity (Wildman–Crippen MR) is 68.8 cm³/mol. The van der Waals surface area contributed by atoms with Gasteiger partial charge in [0, 0.05) is 12.3 Å². The van der Waals surface area contributed by atoms with Gasteiger partial charge >= 0.3 is 0 Å². The van der Waals surface area contributed by atoms with Crippen molar-refractivity contribution in [2.24, 2.45) is 4.99 Å². The molecule has 1 aromatic rings. The first-order chi connectivity index (χ1) is 8.70. The Hall–Kier alpha value is -1.94. The van der Waals surface area contributed by atoms with Crippen LogP contribution in [0.25, 0.3) is 0 Å². The van der Waals surface area contributed by atoms with E-state index in [0.29, 0.717) is 12.3 Å². The van der Waals surface area contributed by atoms with E-state index < -0.39 is 6.10 Å². The molecule has 4 heteroatoms. The number of aliphatic imine (C=N–C) groups is 1. The van der Waals surface area contributed by atoms with Crippen molar-refractivity contribution in [3.05, 3.63) is 42.1 Å². The lowest BCUT2D eigenvalue weighted by atomic mass is 10.1. The van der Waals surface area contributed by atoms with Gasteiger partial charge in [0.15, 0.2) is 11.9 Å². The molecule has 1 atom stereocenters. The quantitative estimate of drug-likeness (QED) is 0.816. The molecule has 0 aromatic heterocycles. The van der Waals surface area contributed by atoms with Gasteiger partial charge in [0.05, 0.1) is 19.4 Å². The molecular formula is C14H15NO3. The van der Waals surface area contributed by atoms with Gasteiger partial charge in [-0.1, -0.05) is 12.1 Å². The fourth-order valence-corrected chi connectivity index (χ4v) is 1.69. The monoisotopic (exact) mass is 245 g/mol. The van der Waals surface area contributed by atoms with Gasteiger partial charge < -0.3 is 9.47 Å². The van der Waals surface area contributed by atoms with Gasteiger partial charge in [0.2, 0.25) is 0 Å². The zero-order valence-electron chi connectivity index (χ0n) is 10.4. The summed E-state index contributed by atoms with van der Waals surface area (Å²) >= 11 is 0. The van der Waals surface area contributed by atoms with E-state index in [9.17, 15) is 4.79 Å². The molecule has 1 aliphatic rings. The molecule has 2 rings (SSSR count). The summed E-state index contributed by atoms with van der Waals surface area (Å²) in [5.74, 6) is 0.740. The Morgan fingerprint density at radius 1 is 1.28 bits per heavy atom. The van der Waals surface area contributed by atoms with Crippen LogP contribution in [0.5, 0.6) is 5.75 Å². The Kier molecular flexibility index (Phi) is 3.89. The summed E-state index contributed by atoms with van der Waals surface area (Å²) in [5.41, 5.74) is 1.68. The molecule has 0 aliphatic carbocycles. The van der Waals surface area contributed by atoms with E-state index in [1.807, 2.05) is 24.3 Å². The van der Waals surface area contributed by atoms with Gasteiger partial charge in [0.1, 0.15) is 5.75 Å². The van der Waals surface area contributed by atoms with Crippen molar-refractivity contribution < 1.29 is 14.3 Å². The van der Waals surface area contributed by atoms with E-state index in [2.05, 4.69) is 4.99 Å². The van der Waals surface area contributed by atoms with Gasteiger partial charge in [-0.15, -0.1) is 0 Å². The minimum Gasteiger partial charge on any atom is -0.497 e. The lowest BCUT2D eigenvalue weighted by Gasteiger charge is -2.17. The van der Waals surface area contributed by atoms with Gasteiger partial charge in [-0.2, -0.15) is 0 Å². The first kappa shape index (κ1) is 12.5. The average molecular weight is 245 g/mol. The average Bonchev–Trinajstić information content (AvgIpc) is 2.39. The van der Waals surface area contributed by atoms with Crippen molar-refractivity contribution in [1.82, 2.24) is 0 Å². The number of carbonyl (C=O) groups is 1. The van der Waals surface area contributed by atoms with Crippen LogP contribution in [-0.2, 0) is 16.1 Å². The van der Waals surface area contributed by atoms with Crippen molar-refractivity contribution in [2.45, 2.75) is 19.6 Å². The third kappa shape index (κ3) is 2.84. The highest BCUT2D eigenvalue weighted by Crippen LogP contribution is 2.14. The summed E-state index contributed by atoms with van der Waals surface area (Å²) in [6, 6.07) is 7.55. The van der Waals surface area contributed by atoms with Crippen molar-refractivity contribution in [3.63, 3.8) is 0 Å². The van der Waals surface area contributed by atoms with Crippen LogP contribution in [-0.4, -0.2) is 24.7 Å². The molecule has 0 amide bonds. The summed E-state index contributed by atoms with van der Waals surface area (Å²) in [6.07, 6.45) is 2.38. The molecule has 1 unspecified atom stereocenters. The number of methoxy groups -OCH3 is 1. The Balaban J connectivity index is 1.96. The van der Waals surface area contributed by atoms with E-state index in [1.165, 1.54) is 12.3 Å². The van der Waals surface area contributed by atoms with Gasteiger partial charge in [-0.05, 0) is 24.6 Å². The summed E-state index contributed by atoms with van der Waals surface area (Å²) in [7, 11) is 1.62. The van der Waals surface area contributed by atoms with Crippen molar-refractivity contribution in [2.75, 3.05) is 7.11 Å². The smallest absolute Gasteiger partial charge is 0.191 e. The topological polar surface area (TPSA) is 47.9 Å². The fourth-order valence-electron chi connectivity index (χ4n) is 1.69. The third-order valence-corrected chi connectivity index (χ3v) is 2.73. The molecule has 0 saturated carbocycles. The van der Waals surface area contributed by atoms with E-state index >= 15 is 0 Å². The second-order valence-corrected chi connectivity index (χ2v) is 4.03. The normalized spacial score (nSPS) is 18.7. The molecule has 94 valence electrons. The lowest BCUT2D eigenvalue weighted by Crippen LogP contribution is -2.31. The molecule has 1 aromatic carbocycles. The molecule has 0 fully saturated rings. The number of hydrogen-bond acceptors (Lipinski definition) is 4. The highest BCUT2D eigenvalue weighted by atomic mass is 16.5. The van der Waals surface area contributed by atoms with E-state index in [0.717, 1.165) is 11.3 Å². The largest absolute Gasteiger partial charge is 0.497 e. The molecule has 0 spiro atoms. The minimum atomic E-state index is -0.558. The summed E-state index contributed by atoms with van der Waals surface area (Å²) in [5, 5.41) is 0. The van der Waals surface area contributed by atoms with Crippen LogP contribution in [0.15, 0.2) is 41.5 Å². The Bertz CT molecular complexity index is 488. The van der Waals surface area contributed by atoms with Crippen LogP contribution in [0.3, 0.4) is 0 Å². The molecule has 1 aliphatic heterocycles. The first-order valence-electron chi connectivity index (χ1n) is 5.70. The number of carbonyl (C=O) groups excluding carboxylic acids is 1. The molecule has 0 N–H and O–H groups in total. The van der Waals surface area contributed by atoms with E-state index in [4.69, 9.17) is 9.47 Å². The van der Waals surface area contributed by atoms with Gasteiger partial charge in [-0.3, -0.25) is 9.79 Å². The van der Waals surface area contributed by atoms with Crippen LogP contribution >= 0.6 is 0 Å². The number of benzene rings is 1. The summed E-state index contributed by atoms with van der Waals surface area (Å²) in [4.78, 5) is 15.7. The minimum absolute atomic E-state index is 0.0592. The van der Waals surface area contributed by atoms with Crippen molar-refractivity contribution >= 4 is 11.5 Å². The maximum absolute atomic E-state index is 11.6. The van der Waals surface area contributed by atoms with Crippen LogP contribution in [0.2, 0.25) is 0 Å². The second kappa shape index (κ2) is 5.60. The fraction of sp³-hybridized carbons (Fsp3) is 0.286. The molecule has 0 saturated heterocycles. The molecule has 4 nitrogen and oxygen atoms in total. The zero-order valence-corrected chi connectivity index (χ0v) is 10.4. The Morgan fingerprint density at radius 3 is 2.61 bits per heavy atom. The summed E-state index contributed by atoms with van der Waals surface area (Å²) in [6.45, 7) is 2.17. The predicted octanol–water partition coefficient (Wildman–Crippen LogP) is 2.14. The molecule has 18 heavy (non-hydrogen) atoms. The second-order valence-electron chi connectivity index (χ2n) is 4.03. The zero-order chi connectivity index (χ0) is 13.0. The van der Waals surface area contributed by atoms with Crippen molar-refractivity contribution in [3.8, 4) is 5.75 Å². The van der Waals surface area contributed by atoms with Crippen LogP contribution in [0, 0.1) is 0 Å². The van der Waals surface area contributed by atoms with Crippen molar-refractivity contribution in [1.29, 1.82) is 0 Å². The Labute approximate surface area is 106 Å². The number of hydrogen-bond donors (Lipinski definition) is 0. The number of rotatable bonds is 4. The lowest BCUT2D eigenvalue weighted by molar-refractivity contribution is -0.122. The molecular weight excluding hydrogens is 230 g/mol. The van der Waals surface area contributed by atoms with Crippen LogP contribution in [0.1, 0.15) is 12.5 Å². The first-order valence-corrected chi connectivity index (χ1v) is 5.70. The number of ether oxygens (including phenoxy) is 2. The third-order valence-electron chi connectivity index (χ3n) is 2.73. The van der Waals surface area contributed by atoms with E-state index in [-0.39, 0.29) is 5.78 Å². The summed E-state index contributed by atoms with van der Waals surface area (Å²) < 4.78 is 10.7. The maximum atomic E-state index is 11.6. The molecule has 0 radical (unpaired) electrons. The standard InChI is InChI=1S/C14H15NO3/c1-10-14(13(16)7-8-15-10)18-9-11-3-5-12(17-2)6-4-11/h3-8,14H,9H2,1-2H3. The molecule has 1 heterocycles. The van der Waals surface area contributed by atoms with Crippen LogP contribution in [0.4, 0.5) is 0 Å². The van der Waals surface area contributed by atoms with Gasteiger partial charge in [0.25, 0.3) is 0 Å². The Morgan fingerprint density at radius 2 is 2.00 bits per heavy atom. The molecule has 0 bridgehead atoms. The van der Waals surface area contributed by atoms with Crippen LogP contribution < -0.4 is 4.74 Å². The maximum Gasteiger partial charge on any atom is 0.191 e. The number of ketones is 1.